The van der Waals surface area contributed by atoms with Gasteiger partial charge in [-0.05, 0) is 43.2 Å². The Bertz CT molecular complexity index is 1110. The first-order valence-corrected chi connectivity index (χ1v) is 12.7. The number of hydrogen-bond donors (Lipinski definition) is 1. The molecule has 0 atom stereocenters. The minimum Gasteiger partial charge on any atom is -0.452 e. The van der Waals surface area contributed by atoms with Crippen LogP contribution in [0.3, 0.4) is 0 Å². The van der Waals surface area contributed by atoms with Gasteiger partial charge in [0, 0.05) is 26.2 Å². The van der Waals surface area contributed by atoms with Gasteiger partial charge in [-0.1, -0.05) is 37.6 Å². The molecule has 1 heterocycles. The van der Waals surface area contributed by atoms with Gasteiger partial charge in [0.2, 0.25) is 10.0 Å². The van der Waals surface area contributed by atoms with Crippen LogP contribution in [0.25, 0.3) is 0 Å². The molecule has 0 spiro atoms. The van der Waals surface area contributed by atoms with Crippen molar-refractivity contribution in [2.75, 3.05) is 43.0 Å². The lowest BCUT2D eigenvalue weighted by Crippen LogP contribution is -2.31. The van der Waals surface area contributed by atoms with Crippen molar-refractivity contribution in [3.63, 3.8) is 0 Å². The van der Waals surface area contributed by atoms with Crippen molar-refractivity contribution in [3.05, 3.63) is 53.1 Å². The Morgan fingerprint density at radius 1 is 1.09 bits per heavy atom. The molecule has 178 valence electrons. The van der Waals surface area contributed by atoms with Crippen LogP contribution >= 0.6 is 11.6 Å². The first-order valence-electron chi connectivity index (χ1n) is 10.9. The van der Waals surface area contributed by atoms with E-state index in [4.69, 9.17) is 16.3 Å². The molecule has 1 aliphatic heterocycles. The van der Waals surface area contributed by atoms with Gasteiger partial charge < -0.3 is 15.0 Å². The van der Waals surface area contributed by atoms with Gasteiger partial charge >= 0.3 is 5.97 Å². The number of nitrogens with one attached hydrogen (secondary N) is 1. The molecule has 2 aromatic carbocycles. The van der Waals surface area contributed by atoms with Crippen LogP contribution in [0.1, 0.15) is 37.0 Å². The minimum absolute atomic E-state index is 0.0154. The molecule has 8 nitrogen and oxygen atoms in total. The molecule has 3 rings (SSSR count). The largest absolute Gasteiger partial charge is 0.452 e. The van der Waals surface area contributed by atoms with E-state index in [1.165, 1.54) is 16.4 Å². The van der Waals surface area contributed by atoms with E-state index >= 15 is 0 Å². The zero-order chi connectivity index (χ0) is 24.0. The predicted molar refractivity (Wildman–Crippen MR) is 128 cm³/mol. The smallest absolute Gasteiger partial charge is 0.340 e. The third-order valence-electron chi connectivity index (χ3n) is 5.46. The van der Waals surface area contributed by atoms with Crippen LogP contribution in [0.4, 0.5) is 11.4 Å². The maximum absolute atomic E-state index is 13.0. The maximum Gasteiger partial charge on any atom is 0.340 e. The summed E-state index contributed by atoms with van der Waals surface area (Å²) in [7, 11) is -3.76. The Balaban J connectivity index is 1.83. The van der Waals surface area contributed by atoms with Crippen LogP contribution in [0.2, 0.25) is 5.02 Å². The summed E-state index contributed by atoms with van der Waals surface area (Å²) in [6.45, 7) is 5.13. The maximum atomic E-state index is 13.0. The van der Waals surface area contributed by atoms with Crippen LogP contribution < -0.4 is 10.2 Å². The number of nitrogens with zero attached hydrogens (tertiary/aromatic N) is 2. The Morgan fingerprint density at radius 2 is 1.76 bits per heavy atom. The van der Waals surface area contributed by atoms with E-state index in [-0.39, 0.29) is 10.5 Å². The van der Waals surface area contributed by atoms with E-state index in [9.17, 15) is 18.0 Å². The van der Waals surface area contributed by atoms with Gasteiger partial charge in [0.15, 0.2) is 6.61 Å². The van der Waals surface area contributed by atoms with Gasteiger partial charge in [-0.2, -0.15) is 4.31 Å². The Labute approximate surface area is 199 Å². The van der Waals surface area contributed by atoms with Crippen LogP contribution in [0, 0.1) is 0 Å². The first kappa shape index (κ1) is 25.0. The SMILES string of the molecule is CCN(CC)S(=O)(=O)c1ccc(N2CCCC2)c(C(=O)OCC(=O)Nc2ccccc2Cl)c1. The van der Waals surface area contributed by atoms with Crippen molar-refractivity contribution in [3.8, 4) is 0 Å². The van der Waals surface area contributed by atoms with E-state index < -0.39 is 28.5 Å². The molecule has 33 heavy (non-hydrogen) atoms. The molecule has 1 aliphatic rings. The van der Waals surface area contributed by atoms with Crippen LogP contribution in [0.15, 0.2) is 47.4 Å². The predicted octanol–water partition coefficient (Wildman–Crippen LogP) is 3.77. The third kappa shape index (κ3) is 5.85. The summed E-state index contributed by atoms with van der Waals surface area (Å²) < 4.78 is 32.6. The second kappa shape index (κ2) is 11.0. The fourth-order valence-electron chi connectivity index (χ4n) is 3.74. The second-order valence-corrected chi connectivity index (χ2v) is 9.91. The van der Waals surface area contributed by atoms with Crippen molar-refractivity contribution in [1.82, 2.24) is 4.31 Å². The number of ether oxygens (including phenoxy) is 1. The number of halogens is 1. The fourth-order valence-corrected chi connectivity index (χ4v) is 5.41. The average molecular weight is 494 g/mol. The second-order valence-electron chi connectivity index (χ2n) is 7.57. The van der Waals surface area contributed by atoms with E-state index in [2.05, 4.69) is 5.32 Å². The highest BCUT2D eigenvalue weighted by Crippen LogP contribution is 2.29. The molecule has 1 saturated heterocycles. The number of para-hydroxylation sites is 1. The lowest BCUT2D eigenvalue weighted by molar-refractivity contribution is -0.119. The van der Waals surface area contributed by atoms with Gasteiger partial charge in [-0.25, -0.2) is 13.2 Å². The minimum atomic E-state index is -3.76. The Morgan fingerprint density at radius 3 is 2.39 bits per heavy atom. The number of hydrogen-bond acceptors (Lipinski definition) is 6. The highest BCUT2D eigenvalue weighted by Gasteiger charge is 2.27. The summed E-state index contributed by atoms with van der Waals surface area (Å²) >= 11 is 6.04. The van der Waals surface area contributed by atoms with Crippen LogP contribution in [0.5, 0.6) is 0 Å². The average Bonchev–Trinajstić information content (AvgIpc) is 3.34. The Kier molecular flexibility index (Phi) is 8.34. The lowest BCUT2D eigenvalue weighted by Gasteiger charge is -2.23. The molecular formula is C23H28ClN3O5S. The number of benzene rings is 2. The van der Waals surface area contributed by atoms with Gasteiger partial charge in [0.05, 0.1) is 26.9 Å². The van der Waals surface area contributed by atoms with E-state index in [0.717, 1.165) is 25.9 Å². The lowest BCUT2D eigenvalue weighted by atomic mass is 10.1. The summed E-state index contributed by atoms with van der Waals surface area (Å²) in [6, 6.07) is 11.2. The first-order chi connectivity index (χ1) is 15.8. The molecule has 0 radical (unpaired) electrons. The molecule has 1 N–H and O–H groups in total. The molecule has 0 saturated carbocycles. The zero-order valence-electron chi connectivity index (χ0n) is 18.7. The fraction of sp³-hybridized carbons (Fsp3) is 0.391. The van der Waals surface area contributed by atoms with E-state index in [1.54, 1.807) is 44.2 Å². The molecule has 10 heteroatoms. The van der Waals surface area contributed by atoms with Crippen LogP contribution in [-0.2, 0) is 19.6 Å². The number of carbonyl (C=O) groups is 2. The van der Waals surface area contributed by atoms with E-state index in [1.807, 2.05) is 4.90 Å². The zero-order valence-corrected chi connectivity index (χ0v) is 20.3. The molecule has 1 amide bonds. The molecule has 0 bridgehead atoms. The topological polar surface area (TPSA) is 96.0 Å². The molecular weight excluding hydrogens is 466 g/mol. The van der Waals surface area contributed by atoms with Crippen molar-refractivity contribution in [2.24, 2.45) is 0 Å². The van der Waals surface area contributed by atoms with Crippen molar-refractivity contribution in [1.29, 1.82) is 0 Å². The van der Waals surface area contributed by atoms with E-state index in [0.29, 0.717) is 29.5 Å². The third-order valence-corrected chi connectivity index (χ3v) is 7.84. The standard InChI is InChI=1S/C23H28ClN3O5S/c1-3-27(4-2)33(30,31)17-11-12-21(26-13-7-8-14-26)18(15-17)23(29)32-16-22(28)25-20-10-6-5-9-19(20)24/h5-6,9-12,15H,3-4,7-8,13-14,16H2,1-2H3,(H,25,28). The highest BCUT2D eigenvalue weighted by atomic mass is 35.5. The van der Waals surface area contributed by atoms with Crippen molar-refractivity contribution in [2.45, 2.75) is 31.6 Å². The van der Waals surface area contributed by atoms with Gasteiger partial charge in [0.25, 0.3) is 5.91 Å². The van der Waals surface area contributed by atoms with Gasteiger partial charge in [-0.3, -0.25) is 4.79 Å². The van der Waals surface area contributed by atoms with Crippen molar-refractivity contribution < 1.29 is 22.7 Å². The number of carbonyl (C=O) groups excluding carboxylic acids is 2. The molecule has 0 aliphatic carbocycles. The van der Waals surface area contributed by atoms with Crippen LogP contribution in [-0.4, -0.2) is 57.4 Å². The summed E-state index contributed by atoms with van der Waals surface area (Å²) in [5.41, 5.74) is 1.13. The number of esters is 1. The summed E-state index contributed by atoms with van der Waals surface area (Å²) in [5.74, 6) is -1.31. The normalized spacial score (nSPS) is 13.9. The Hall–Kier alpha value is -2.62. The number of sulfonamides is 1. The number of anilines is 2. The van der Waals surface area contributed by atoms with Gasteiger partial charge in [-0.15, -0.1) is 0 Å². The highest BCUT2D eigenvalue weighted by molar-refractivity contribution is 7.89. The summed E-state index contributed by atoms with van der Waals surface area (Å²) in [5, 5.41) is 2.96. The molecule has 2 aromatic rings. The molecule has 0 unspecified atom stereocenters. The summed E-state index contributed by atoms with van der Waals surface area (Å²) in [6.07, 6.45) is 1.96. The van der Waals surface area contributed by atoms with Crippen molar-refractivity contribution >= 4 is 44.9 Å². The number of rotatable bonds is 9. The summed E-state index contributed by atoms with van der Waals surface area (Å²) in [4.78, 5) is 27.3. The number of amides is 1. The quantitative estimate of drug-likeness (QED) is 0.534. The van der Waals surface area contributed by atoms with Gasteiger partial charge in [0.1, 0.15) is 0 Å². The monoisotopic (exact) mass is 493 g/mol. The molecule has 0 aromatic heterocycles. The molecule has 1 fully saturated rings.